The van der Waals surface area contributed by atoms with Crippen LogP contribution in [0.2, 0.25) is 0 Å². The van der Waals surface area contributed by atoms with Crippen molar-refractivity contribution in [2.24, 2.45) is 5.73 Å². The van der Waals surface area contributed by atoms with Crippen LogP contribution in [0.15, 0.2) is 53.9 Å². The largest absolute Gasteiger partial charge is 0.497 e. The lowest BCUT2D eigenvalue weighted by molar-refractivity contribution is 0.0413. The van der Waals surface area contributed by atoms with Gasteiger partial charge in [-0.2, -0.15) is 5.26 Å². The molecule has 5 rings (SSSR count). The van der Waals surface area contributed by atoms with Gasteiger partial charge in [0, 0.05) is 18.7 Å². The van der Waals surface area contributed by atoms with Crippen LogP contribution in [0.5, 0.6) is 23.1 Å². The highest BCUT2D eigenvalue weighted by Gasteiger charge is 2.36. The van der Waals surface area contributed by atoms with Crippen LogP contribution in [0.1, 0.15) is 17.0 Å². The second-order valence-corrected chi connectivity index (χ2v) is 8.35. The summed E-state index contributed by atoms with van der Waals surface area (Å²) in [5.74, 6) is 0.926. The van der Waals surface area contributed by atoms with Crippen LogP contribution in [0, 0.1) is 11.3 Å². The minimum atomic E-state index is -0.609. The molecule has 1 atom stereocenters. The van der Waals surface area contributed by atoms with E-state index in [2.05, 4.69) is 16.3 Å². The van der Waals surface area contributed by atoms with Crippen molar-refractivity contribution < 1.29 is 28.5 Å². The summed E-state index contributed by atoms with van der Waals surface area (Å²) in [6, 6.07) is 14.7. The first-order valence-electron chi connectivity index (χ1n) is 11.6. The highest BCUT2D eigenvalue weighted by molar-refractivity contribution is 5.73. The number of amides is 1. The van der Waals surface area contributed by atoms with Crippen molar-refractivity contribution >= 4 is 6.09 Å². The van der Waals surface area contributed by atoms with Crippen LogP contribution in [0.3, 0.4) is 0 Å². The lowest BCUT2D eigenvalue weighted by Crippen LogP contribution is -2.42. The summed E-state index contributed by atoms with van der Waals surface area (Å²) in [6.07, 6.45) is -0.485. The number of aromatic amines is 1. The predicted octanol–water partition coefficient (Wildman–Crippen LogP) is 3.14. The summed E-state index contributed by atoms with van der Waals surface area (Å²) in [6.45, 7) is 1.83. The van der Waals surface area contributed by atoms with E-state index in [1.54, 1.807) is 30.2 Å². The van der Waals surface area contributed by atoms with E-state index >= 15 is 0 Å². The fourth-order valence-corrected chi connectivity index (χ4v) is 4.41. The van der Waals surface area contributed by atoms with Crippen molar-refractivity contribution in [3.63, 3.8) is 0 Å². The number of benzene rings is 2. The number of aromatic nitrogens is 2. The standard InChI is InChI=1S/C26H25N5O6/c1-33-17-6-3-15(4-7-17)23-22-21(18(14-27)24(28)37-25(22)30-29-23)16-5-8-19(20(13-16)34-2)36-26(32)31-9-11-35-12-10-31/h3-8,13,21H,9-12,28H2,1-2H3,(H,29,30). The molecule has 1 saturated heterocycles. The van der Waals surface area contributed by atoms with Gasteiger partial charge in [0.05, 0.1) is 44.6 Å². The number of nitrogens with zero attached hydrogens (tertiary/aromatic N) is 3. The number of nitrogens with two attached hydrogens (primary N) is 1. The maximum Gasteiger partial charge on any atom is 0.415 e. The maximum absolute atomic E-state index is 12.6. The topological polar surface area (TPSA) is 145 Å². The van der Waals surface area contributed by atoms with Crippen LogP contribution >= 0.6 is 0 Å². The summed E-state index contributed by atoms with van der Waals surface area (Å²) in [5, 5.41) is 17.3. The average Bonchev–Trinajstić information content (AvgIpc) is 3.36. The van der Waals surface area contributed by atoms with E-state index < -0.39 is 12.0 Å². The Morgan fingerprint density at radius 3 is 2.57 bits per heavy atom. The molecule has 2 aromatic carbocycles. The molecule has 3 N–H and O–H groups in total. The Morgan fingerprint density at radius 1 is 1.14 bits per heavy atom. The van der Waals surface area contributed by atoms with Crippen LogP contribution < -0.4 is 24.7 Å². The average molecular weight is 504 g/mol. The van der Waals surface area contributed by atoms with Gasteiger partial charge in [0.15, 0.2) is 11.5 Å². The SMILES string of the molecule is COc1ccc(-c2[nH]nc3c2C(c2ccc(OC(=O)N4CCOCC4)c(OC)c2)C(C#N)=C(N)O3)cc1. The maximum atomic E-state index is 12.6. The molecule has 11 nitrogen and oxygen atoms in total. The minimum absolute atomic E-state index is 0.0328. The first-order chi connectivity index (χ1) is 18.0. The summed E-state index contributed by atoms with van der Waals surface area (Å²) in [5.41, 5.74) is 9.17. The Labute approximate surface area is 212 Å². The Morgan fingerprint density at radius 2 is 1.89 bits per heavy atom. The number of methoxy groups -OCH3 is 2. The molecule has 0 aliphatic carbocycles. The van der Waals surface area contributed by atoms with Crippen molar-refractivity contribution in [3.8, 4) is 40.5 Å². The number of carbonyl (C=O) groups excluding carboxylic acids is 1. The highest BCUT2D eigenvalue weighted by Crippen LogP contribution is 2.47. The van der Waals surface area contributed by atoms with Gasteiger partial charge in [0.1, 0.15) is 17.4 Å². The molecule has 190 valence electrons. The van der Waals surface area contributed by atoms with Crippen LogP contribution in [0.25, 0.3) is 11.3 Å². The quantitative estimate of drug-likeness (QED) is 0.536. The molecule has 0 saturated carbocycles. The van der Waals surface area contributed by atoms with E-state index in [0.29, 0.717) is 54.6 Å². The molecule has 1 amide bonds. The molecular weight excluding hydrogens is 478 g/mol. The zero-order valence-electron chi connectivity index (χ0n) is 20.3. The van der Waals surface area contributed by atoms with Crippen molar-refractivity contribution in [3.05, 3.63) is 65.0 Å². The van der Waals surface area contributed by atoms with Gasteiger partial charge < -0.3 is 34.3 Å². The van der Waals surface area contributed by atoms with E-state index in [0.717, 1.165) is 5.56 Å². The van der Waals surface area contributed by atoms with Gasteiger partial charge in [0.25, 0.3) is 0 Å². The molecule has 11 heteroatoms. The van der Waals surface area contributed by atoms with Gasteiger partial charge in [-0.1, -0.05) is 6.07 Å². The number of fused-ring (bicyclic) bond motifs is 1. The second-order valence-electron chi connectivity index (χ2n) is 8.35. The zero-order valence-corrected chi connectivity index (χ0v) is 20.3. The number of H-pyrrole nitrogens is 1. The first-order valence-corrected chi connectivity index (χ1v) is 11.6. The van der Waals surface area contributed by atoms with Crippen LogP contribution in [0.4, 0.5) is 4.79 Å². The van der Waals surface area contributed by atoms with Crippen molar-refractivity contribution in [1.82, 2.24) is 15.1 Å². The number of hydrogen-bond acceptors (Lipinski definition) is 9. The number of allylic oxidation sites excluding steroid dienone is 1. The number of carbonyl (C=O) groups is 1. The number of hydrogen-bond donors (Lipinski definition) is 2. The number of morpholine rings is 1. The number of rotatable bonds is 5. The Kier molecular flexibility index (Phi) is 6.57. The molecule has 1 unspecified atom stereocenters. The Balaban J connectivity index is 1.54. The molecule has 1 fully saturated rings. The van der Waals surface area contributed by atoms with Crippen molar-refractivity contribution in [2.45, 2.75) is 5.92 Å². The number of ether oxygens (including phenoxy) is 5. The molecule has 0 spiro atoms. The monoisotopic (exact) mass is 503 g/mol. The lowest BCUT2D eigenvalue weighted by Gasteiger charge is -2.27. The van der Waals surface area contributed by atoms with Gasteiger partial charge in [-0.05, 0) is 42.0 Å². The van der Waals surface area contributed by atoms with Crippen LogP contribution in [-0.4, -0.2) is 61.7 Å². The third kappa shape index (κ3) is 4.50. The fraction of sp³-hybridized carbons (Fsp3) is 0.269. The third-order valence-corrected chi connectivity index (χ3v) is 6.31. The van der Waals surface area contributed by atoms with Gasteiger partial charge in [-0.25, -0.2) is 4.79 Å². The van der Waals surface area contributed by atoms with Crippen LogP contribution in [-0.2, 0) is 4.74 Å². The Bertz CT molecular complexity index is 1390. The van der Waals surface area contributed by atoms with Gasteiger partial charge in [-0.3, -0.25) is 5.10 Å². The predicted molar refractivity (Wildman–Crippen MR) is 131 cm³/mol. The summed E-state index contributed by atoms with van der Waals surface area (Å²) >= 11 is 0. The molecule has 0 radical (unpaired) electrons. The molecule has 3 heterocycles. The molecule has 3 aromatic rings. The summed E-state index contributed by atoms with van der Waals surface area (Å²) in [4.78, 5) is 14.2. The van der Waals surface area contributed by atoms with Crippen molar-refractivity contribution in [1.29, 1.82) is 5.26 Å². The summed E-state index contributed by atoms with van der Waals surface area (Å²) < 4.78 is 27.4. The molecule has 1 aromatic heterocycles. The summed E-state index contributed by atoms with van der Waals surface area (Å²) in [7, 11) is 3.08. The Hall–Kier alpha value is -4.69. The fourth-order valence-electron chi connectivity index (χ4n) is 4.41. The smallest absolute Gasteiger partial charge is 0.415 e. The van der Waals surface area contributed by atoms with E-state index in [1.165, 1.54) is 7.11 Å². The van der Waals surface area contributed by atoms with Gasteiger partial charge in [0.2, 0.25) is 11.8 Å². The molecule has 2 aliphatic heterocycles. The van der Waals surface area contributed by atoms with Crippen molar-refractivity contribution in [2.75, 3.05) is 40.5 Å². The van der Waals surface area contributed by atoms with E-state index in [4.69, 9.17) is 29.4 Å². The zero-order chi connectivity index (χ0) is 25.9. The highest BCUT2D eigenvalue weighted by atomic mass is 16.6. The van der Waals surface area contributed by atoms with E-state index in [1.807, 2.05) is 24.3 Å². The number of nitrogens with one attached hydrogen (secondary N) is 1. The molecule has 2 aliphatic rings. The number of nitriles is 1. The van der Waals surface area contributed by atoms with E-state index in [-0.39, 0.29) is 23.1 Å². The third-order valence-electron chi connectivity index (χ3n) is 6.31. The molecule has 0 bridgehead atoms. The molecule has 37 heavy (non-hydrogen) atoms. The van der Waals surface area contributed by atoms with Gasteiger partial charge in [-0.15, -0.1) is 5.10 Å². The van der Waals surface area contributed by atoms with Gasteiger partial charge >= 0.3 is 6.09 Å². The minimum Gasteiger partial charge on any atom is -0.497 e. The normalized spacial score (nSPS) is 16.9. The first kappa shape index (κ1) is 24.0. The second kappa shape index (κ2) is 10.1. The molecular formula is C26H25N5O6. The lowest BCUT2D eigenvalue weighted by atomic mass is 9.83. The van der Waals surface area contributed by atoms with E-state index in [9.17, 15) is 10.1 Å².